The Bertz CT molecular complexity index is 479. The predicted molar refractivity (Wildman–Crippen MR) is 98.7 cm³/mol. The summed E-state index contributed by atoms with van der Waals surface area (Å²) in [5, 5.41) is 19.9. The molecule has 0 saturated heterocycles. The van der Waals surface area contributed by atoms with Crippen LogP contribution in [0.2, 0.25) is 0 Å². The van der Waals surface area contributed by atoms with Crippen LogP contribution in [0.4, 0.5) is 0 Å². The van der Waals surface area contributed by atoms with Gasteiger partial charge < -0.3 is 29.8 Å². The fourth-order valence-corrected chi connectivity index (χ4v) is 4.11. The van der Waals surface area contributed by atoms with Crippen molar-refractivity contribution in [2.24, 2.45) is 0 Å². The fourth-order valence-electron chi connectivity index (χ4n) is 2.64. The lowest BCUT2D eigenvalue weighted by Crippen LogP contribution is -2.26. The third-order valence-electron chi connectivity index (χ3n) is 3.97. The Morgan fingerprint density at radius 1 is 0.704 bits per heavy atom. The average Bonchev–Trinajstić information content (AvgIpc) is 2.38. The summed E-state index contributed by atoms with van der Waals surface area (Å²) in [4.78, 5) is 35.3. The second-order valence-corrected chi connectivity index (χ2v) is 10.3. The van der Waals surface area contributed by atoms with Crippen LogP contribution in [0, 0.1) is 0 Å². The van der Waals surface area contributed by atoms with Crippen molar-refractivity contribution < 1.29 is 48.0 Å². The SMILES string of the molecule is CC(C)(CCC(O)CCCC(O)CCC(C)(C)OP(=O)(O)O)OP(=O)(O)O. The van der Waals surface area contributed by atoms with Crippen molar-refractivity contribution in [1.29, 1.82) is 0 Å². The summed E-state index contributed by atoms with van der Waals surface area (Å²) < 4.78 is 31.1. The molecule has 0 aliphatic carbocycles. The first-order valence-corrected chi connectivity index (χ1v) is 11.9. The van der Waals surface area contributed by atoms with E-state index in [1.807, 2.05) is 0 Å². The number of phosphoric acid groups is 2. The minimum absolute atomic E-state index is 0.260. The van der Waals surface area contributed by atoms with E-state index in [1.54, 1.807) is 0 Å². The molecular weight excluding hydrogens is 402 g/mol. The minimum Gasteiger partial charge on any atom is -0.393 e. The van der Waals surface area contributed by atoms with Gasteiger partial charge in [0.25, 0.3) is 0 Å². The Balaban J connectivity index is 4.08. The number of aliphatic hydroxyl groups excluding tert-OH is 2. The number of hydrogen-bond acceptors (Lipinski definition) is 6. The lowest BCUT2D eigenvalue weighted by Gasteiger charge is -2.27. The maximum Gasteiger partial charge on any atom is 0.470 e. The summed E-state index contributed by atoms with van der Waals surface area (Å²) >= 11 is 0. The van der Waals surface area contributed by atoms with Crippen LogP contribution in [0.15, 0.2) is 0 Å². The van der Waals surface area contributed by atoms with E-state index in [0.717, 1.165) is 0 Å². The van der Waals surface area contributed by atoms with Crippen LogP contribution in [0.1, 0.15) is 72.6 Å². The molecule has 0 bridgehead atoms. The molecule has 2 unspecified atom stereocenters. The van der Waals surface area contributed by atoms with Gasteiger partial charge in [0.1, 0.15) is 0 Å². The Labute approximate surface area is 160 Å². The third kappa shape index (κ3) is 16.8. The number of rotatable bonds is 14. The third-order valence-corrected chi connectivity index (χ3v) is 5.43. The molecule has 0 heterocycles. The molecule has 0 aromatic heterocycles. The number of phosphoric ester groups is 2. The van der Waals surface area contributed by atoms with Crippen molar-refractivity contribution >= 4 is 15.6 Å². The molecule has 164 valence electrons. The van der Waals surface area contributed by atoms with Gasteiger partial charge in [0.2, 0.25) is 0 Å². The van der Waals surface area contributed by atoms with Crippen LogP contribution < -0.4 is 0 Å². The smallest absolute Gasteiger partial charge is 0.393 e. The van der Waals surface area contributed by atoms with Crippen molar-refractivity contribution in [1.82, 2.24) is 0 Å². The molecule has 0 aliphatic rings. The van der Waals surface area contributed by atoms with Gasteiger partial charge in [-0.1, -0.05) is 0 Å². The molecule has 0 aliphatic heterocycles. The van der Waals surface area contributed by atoms with Gasteiger partial charge >= 0.3 is 15.6 Å². The van der Waals surface area contributed by atoms with E-state index in [4.69, 9.17) is 19.6 Å². The summed E-state index contributed by atoms with van der Waals surface area (Å²) in [6.45, 7) is 6.13. The normalized spacial score (nSPS) is 16.4. The second kappa shape index (κ2) is 10.8. The van der Waals surface area contributed by atoms with Gasteiger partial charge in [-0.3, -0.25) is 9.05 Å². The molecule has 0 aromatic rings. The second-order valence-electron chi connectivity index (χ2n) is 8.00. The molecule has 12 heteroatoms. The van der Waals surface area contributed by atoms with E-state index >= 15 is 0 Å². The molecule has 0 spiro atoms. The van der Waals surface area contributed by atoms with Crippen LogP contribution in [-0.4, -0.2) is 53.2 Å². The van der Waals surface area contributed by atoms with Crippen LogP contribution in [-0.2, 0) is 18.2 Å². The monoisotopic (exact) mass is 436 g/mol. The lowest BCUT2D eigenvalue weighted by molar-refractivity contribution is 0.0352. The Morgan fingerprint density at radius 2 is 1.00 bits per heavy atom. The maximum atomic E-state index is 10.9. The topological polar surface area (TPSA) is 174 Å². The van der Waals surface area contributed by atoms with Gasteiger partial charge in [0.05, 0.1) is 23.4 Å². The van der Waals surface area contributed by atoms with E-state index in [9.17, 15) is 19.3 Å². The zero-order valence-electron chi connectivity index (χ0n) is 16.3. The van der Waals surface area contributed by atoms with Crippen molar-refractivity contribution in [3.8, 4) is 0 Å². The van der Waals surface area contributed by atoms with Crippen molar-refractivity contribution in [3.63, 3.8) is 0 Å². The van der Waals surface area contributed by atoms with Gasteiger partial charge in [0, 0.05) is 0 Å². The van der Waals surface area contributed by atoms with Gasteiger partial charge in [0.15, 0.2) is 0 Å². The first-order chi connectivity index (χ1) is 11.9. The molecule has 0 rings (SSSR count). The first kappa shape index (κ1) is 27.1. The molecule has 0 saturated carbocycles. The van der Waals surface area contributed by atoms with Crippen LogP contribution in [0.25, 0.3) is 0 Å². The zero-order chi connectivity index (χ0) is 21.5. The van der Waals surface area contributed by atoms with E-state index < -0.39 is 39.1 Å². The summed E-state index contributed by atoms with van der Waals surface area (Å²) in [6.07, 6.45) is 1.08. The summed E-state index contributed by atoms with van der Waals surface area (Å²) in [6, 6.07) is 0. The van der Waals surface area contributed by atoms with Gasteiger partial charge in [-0.2, -0.15) is 0 Å². The first-order valence-electron chi connectivity index (χ1n) is 8.80. The molecule has 0 fully saturated rings. The van der Waals surface area contributed by atoms with Gasteiger partial charge in [-0.05, 0) is 72.6 Å². The molecular formula is C15H34O10P2. The highest BCUT2D eigenvalue weighted by atomic mass is 31.2. The summed E-state index contributed by atoms with van der Waals surface area (Å²) in [5.41, 5.74) is -2.13. The molecule has 0 aromatic carbocycles. The van der Waals surface area contributed by atoms with Crippen LogP contribution in [0.5, 0.6) is 0 Å². The van der Waals surface area contributed by atoms with E-state index in [2.05, 4.69) is 9.05 Å². The largest absolute Gasteiger partial charge is 0.470 e. The van der Waals surface area contributed by atoms with Gasteiger partial charge in [-0.15, -0.1) is 0 Å². The maximum absolute atomic E-state index is 10.9. The van der Waals surface area contributed by atoms with Crippen molar-refractivity contribution in [2.45, 2.75) is 96.1 Å². The molecule has 0 amide bonds. The van der Waals surface area contributed by atoms with Crippen molar-refractivity contribution in [2.75, 3.05) is 0 Å². The van der Waals surface area contributed by atoms with E-state index in [0.29, 0.717) is 32.1 Å². The van der Waals surface area contributed by atoms with Crippen molar-refractivity contribution in [3.05, 3.63) is 0 Å². The lowest BCUT2D eigenvalue weighted by atomic mass is 9.95. The number of hydrogen-bond donors (Lipinski definition) is 6. The summed E-state index contributed by atoms with van der Waals surface area (Å²) in [7, 11) is -9.18. The highest BCUT2D eigenvalue weighted by Gasteiger charge is 2.30. The van der Waals surface area contributed by atoms with E-state index in [1.165, 1.54) is 27.7 Å². The van der Waals surface area contributed by atoms with E-state index in [-0.39, 0.29) is 12.8 Å². The standard InChI is InChI=1S/C15H34O10P2/c1-14(2,24-26(18,19)20)10-8-12(16)6-5-7-13(17)9-11-15(3,4)25-27(21,22)23/h12-13,16-17H,5-11H2,1-4H3,(H2,18,19,20)(H2,21,22,23). The van der Waals surface area contributed by atoms with Crippen LogP contribution in [0.3, 0.4) is 0 Å². The Kier molecular flexibility index (Phi) is 10.8. The molecule has 27 heavy (non-hydrogen) atoms. The Morgan fingerprint density at radius 3 is 1.26 bits per heavy atom. The summed E-state index contributed by atoms with van der Waals surface area (Å²) in [5.74, 6) is 0. The predicted octanol–water partition coefficient (Wildman–Crippen LogP) is 2.21. The van der Waals surface area contributed by atoms with Crippen LogP contribution >= 0.6 is 15.6 Å². The minimum atomic E-state index is -4.59. The molecule has 0 radical (unpaired) electrons. The molecule has 10 nitrogen and oxygen atoms in total. The quantitative estimate of drug-likeness (QED) is 0.222. The number of aliphatic hydroxyl groups is 2. The fraction of sp³-hybridized carbons (Fsp3) is 1.00. The van der Waals surface area contributed by atoms with Gasteiger partial charge in [-0.25, -0.2) is 9.13 Å². The highest BCUT2D eigenvalue weighted by molar-refractivity contribution is 7.46. The Hall–Kier alpha value is 0.140. The molecule has 2 atom stereocenters. The molecule has 6 N–H and O–H groups in total. The zero-order valence-corrected chi connectivity index (χ0v) is 18.1. The highest BCUT2D eigenvalue weighted by Crippen LogP contribution is 2.43. The average molecular weight is 436 g/mol.